The summed E-state index contributed by atoms with van der Waals surface area (Å²) in [4.78, 5) is 16.1. The van der Waals surface area contributed by atoms with Gasteiger partial charge in [0, 0.05) is 11.3 Å². The number of hydrogen-bond donors (Lipinski definition) is 1. The summed E-state index contributed by atoms with van der Waals surface area (Å²) < 4.78 is 6.59. The molecule has 1 heterocycles. The van der Waals surface area contributed by atoms with Gasteiger partial charge in [0.05, 0.1) is 22.9 Å². The minimum Gasteiger partial charge on any atom is -0.494 e. The quantitative estimate of drug-likeness (QED) is 0.756. The molecule has 0 fully saturated rings. The molecule has 0 aliphatic rings. The molecule has 3 rings (SSSR count). The number of hydrogen-bond acceptors (Lipinski definition) is 5. The summed E-state index contributed by atoms with van der Waals surface area (Å²) in [6, 6.07) is 15.1. The van der Waals surface area contributed by atoms with Crippen LogP contribution in [0, 0.1) is 11.3 Å². The molecule has 0 bridgehead atoms. The number of amides is 1. The lowest BCUT2D eigenvalue weighted by atomic mass is 10.2. The molecule has 120 valence electrons. The van der Waals surface area contributed by atoms with Crippen molar-refractivity contribution in [1.82, 2.24) is 4.98 Å². The van der Waals surface area contributed by atoms with Crippen LogP contribution in [0.1, 0.15) is 13.3 Å². The molecule has 0 saturated carbocycles. The lowest BCUT2D eigenvalue weighted by molar-refractivity contribution is -0.115. The van der Waals surface area contributed by atoms with E-state index in [0.29, 0.717) is 12.3 Å². The van der Waals surface area contributed by atoms with E-state index >= 15 is 0 Å². The van der Waals surface area contributed by atoms with Gasteiger partial charge in [-0.25, -0.2) is 4.98 Å². The second kappa shape index (κ2) is 7.11. The highest BCUT2D eigenvalue weighted by Gasteiger charge is 2.08. The van der Waals surface area contributed by atoms with Gasteiger partial charge in [-0.1, -0.05) is 0 Å². The third-order valence-corrected chi connectivity index (χ3v) is 4.39. The van der Waals surface area contributed by atoms with Gasteiger partial charge in [0.1, 0.15) is 17.2 Å². The van der Waals surface area contributed by atoms with Gasteiger partial charge in [-0.15, -0.1) is 11.3 Å². The van der Waals surface area contributed by atoms with Crippen LogP contribution in [0.25, 0.3) is 20.8 Å². The number of benzene rings is 2. The monoisotopic (exact) mass is 337 g/mol. The molecule has 3 aromatic rings. The van der Waals surface area contributed by atoms with Gasteiger partial charge in [0.2, 0.25) is 5.91 Å². The average molecular weight is 337 g/mol. The van der Waals surface area contributed by atoms with E-state index in [2.05, 4.69) is 10.3 Å². The predicted octanol–water partition coefficient (Wildman–Crippen LogP) is 4.21. The van der Waals surface area contributed by atoms with Crippen molar-refractivity contribution >= 4 is 33.1 Å². The SMILES string of the molecule is CCOc1ccc2nc(-c3ccc(NC(=O)CC#N)cc3)sc2c1. The second-order valence-corrected chi connectivity index (χ2v) is 6.07. The van der Waals surface area contributed by atoms with E-state index < -0.39 is 0 Å². The molecular formula is C18H15N3O2S. The zero-order valence-corrected chi connectivity index (χ0v) is 13.9. The predicted molar refractivity (Wildman–Crippen MR) is 95.1 cm³/mol. The summed E-state index contributed by atoms with van der Waals surface area (Å²) >= 11 is 1.60. The van der Waals surface area contributed by atoms with Crippen LogP contribution in [0.4, 0.5) is 5.69 Å². The highest BCUT2D eigenvalue weighted by Crippen LogP contribution is 2.32. The van der Waals surface area contributed by atoms with Crippen LogP contribution in [-0.4, -0.2) is 17.5 Å². The van der Waals surface area contributed by atoms with Crippen LogP contribution in [-0.2, 0) is 4.79 Å². The molecule has 1 amide bonds. The van der Waals surface area contributed by atoms with E-state index in [1.54, 1.807) is 11.3 Å². The number of carbonyl (C=O) groups excluding carboxylic acids is 1. The molecule has 2 aromatic carbocycles. The lowest BCUT2D eigenvalue weighted by Crippen LogP contribution is -2.09. The molecule has 0 aliphatic heterocycles. The zero-order chi connectivity index (χ0) is 16.9. The first-order valence-electron chi connectivity index (χ1n) is 7.50. The Kier molecular flexibility index (Phi) is 4.73. The first-order chi connectivity index (χ1) is 11.7. The van der Waals surface area contributed by atoms with Crippen molar-refractivity contribution in [2.45, 2.75) is 13.3 Å². The van der Waals surface area contributed by atoms with Gasteiger partial charge < -0.3 is 10.1 Å². The fourth-order valence-corrected chi connectivity index (χ4v) is 3.26. The summed E-state index contributed by atoms with van der Waals surface area (Å²) in [6.07, 6.45) is -0.151. The van der Waals surface area contributed by atoms with Crippen LogP contribution in [0.5, 0.6) is 5.75 Å². The molecule has 0 saturated heterocycles. The number of aromatic nitrogens is 1. The summed E-state index contributed by atoms with van der Waals surface area (Å²) in [5.41, 5.74) is 2.58. The molecule has 24 heavy (non-hydrogen) atoms. The maximum Gasteiger partial charge on any atom is 0.238 e. The van der Waals surface area contributed by atoms with Gasteiger partial charge in [0.25, 0.3) is 0 Å². The molecule has 1 aromatic heterocycles. The van der Waals surface area contributed by atoms with Crippen molar-refractivity contribution in [3.8, 4) is 22.4 Å². The number of ether oxygens (including phenoxy) is 1. The van der Waals surface area contributed by atoms with Crippen LogP contribution in [0.3, 0.4) is 0 Å². The molecule has 0 spiro atoms. The molecular weight excluding hydrogens is 322 g/mol. The van der Waals surface area contributed by atoms with E-state index in [4.69, 9.17) is 10.00 Å². The first-order valence-corrected chi connectivity index (χ1v) is 8.32. The highest BCUT2D eigenvalue weighted by atomic mass is 32.1. The first kappa shape index (κ1) is 16.0. The Morgan fingerprint density at radius 1 is 1.29 bits per heavy atom. The maximum absolute atomic E-state index is 11.4. The fourth-order valence-electron chi connectivity index (χ4n) is 2.26. The Balaban J connectivity index is 1.82. The Bertz CT molecular complexity index is 910. The van der Waals surface area contributed by atoms with Crippen LogP contribution >= 0.6 is 11.3 Å². The standard InChI is InChI=1S/C18H15N3O2S/c1-2-23-14-7-8-15-16(11-14)24-18(21-15)12-3-5-13(6-4-12)20-17(22)9-10-19/h3-8,11H,2,9H2,1H3,(H,20,22). The van der Waals surface area contributed by atoms with Crippen molar-refractivity contribution in [2.75, 3.05) is 11.9 Å². The van der Waals surface area contributed by atoms with Crippen molar-refractivity contribution in [2.24, 2.45) is 0 Å². The normalized spacial score (nSPS) is 10.3. The second-order valence-electron chi connectivity index (χ2n) is 5.04. The Morgan fingerprint density at radius 3 is 2.79 bits per heavy atom. The largest absolute Gasteiger partial charge is 0.494 e. The summed E-state index contributed by atoms with van der Waals surface area (Å²) in [5.74, 6) is 0.532. The topological polar surface area (TPSA) is 75.0 Å². The van der Waals surface area contributed by atoms with E-state index in [1.165, 1.54) is 0 Å². The van der Waals surface area contributed by atoms with Crippen molar-refractivity contribution in [1.29, 1.82) is 5.26 Å². The van der Waals surface area contributed by atoms with Crippen LogP contribution in [0.15, 0.2) is 42.5 Å². The van der Waals surface area contributed by atoms with E-state index in [-0.39, 0.29) is 12.3 Å². The number of rotatable bonds is 5. The fraction of sp³-hybridized carbons (Fsp3) is 0.167. The number of anilines is 1. The number of nitrogens with zero attached hydrogens (tertiary/aromatic N) is 2. The third-order valence-electron chi connectivity index (χ3n) is 3.33. The molecule has 0 radical (unpaired) electrons. The summed E-state index contributed by atoms with van der Waals surface area (Å²) in [6.45, 7) is 2.59. The van der Waals surface area contributed by atoms with Gasteiger partial charge in [-0.2, -0.15) is 5.26 Å². The number of nitrogens with one attached hydrogen (secondary N) is 1. The maximum atomic E-state index is 11.4. The van der Waals surface area contributed by atoms with Crippen LogP contribution in [0.2, 0.25) is 0 Å². The smallest absolute Gasteiger partial charge is 0.238 e. The lowest BCUT2D eigenvalue weighted by Gasteiger charge is -2.03. The van der Waals surface area contributed by atoms with Crippen molar-refractivity contribution < 1.29 is 9.53 Å². The number of thiazole rings is 1. The van der Waals surface area contributed by atoms with Gasteiger partial charge in [-0.3, -0.25) is 4.79 Å². The number of fused-ring (bicyclic) bond motifs is 1. The Labute approximate surface area is 143 Å². The molecule has 0 unspecified atom stereocenters. The minimum atomic E-state index is -0.311. The summed E-state index contributed by atoms with van der Waals surface area (Å²) in [7, 11) is 0. The van der Waals surface area contributed by atoms with E-state index in [0.717, 1.165) is 26.5 Å². The molecule has 1 N–H and O–H groups in total. The molecule has 0 aliphatic carbocycles. The van der Waals surface area contributed by atoms with Crippen molar-refractivity contribution in [3.05, 3.63) is 42.5 Å². The van der Waals surface area contributed by atoms with E-state index in [9.17, 15) is 4.79 Å². The number of carbonyl (C=O) groups is 1. The highest BCUT2D eigenvalue weighted by molar-refractivity contribution is 7.21. The number of nitriles is 1. The molecule has 5 nitrogen and oxygen atoms in total. The Hall–Kier alpha value is -2.91. The van der Waals surface area contributed by atoms with E-state index in [1.807, 2.05) is 55.5 Å². The molecule has 6 heteroatoms. The van der Waals surface area contributed by atoms with Crippen LogP contribution < -0.4 is 10.1 Å². The third kappa shape index (κ3) is 3.53. The van der Waals surface area contributed by atoms with Gasteiger partial charge >= 0.3 is 0 Å². The Morgan fingerprint density at radius 2 is 2.08 bits per heavy atom. The molecule has 0 atom stereocenters. The minimum absolute atomic E-state index is 0.151. The zero-order valence-electron chi connectivity index (χ0n) is 13.1. The van der Waals surface area contributed by atoms with Gasteiger partial charge in [-0.05, 0) is 49.4 Å². The average Bonchev–Trinajstić information content (AvgIpc) is 2.99. The van der Waals surface area contributed by atoms with Crippen molar-refractivity contribution in [3.63, 3.8) is 0 Å². The van der Waals surface area contributed by atoms with Gasteiger partial charge in [0.15, 0.2) is 0 Å². The summed E-state index contributed by atoms with van der Waals surface area (Å²) in [5, 5.41) is 12.1.